The summed E-state index contributed by atoms with van der Waals surface area (Å²) >= 11 is 0. The second kappa shape index (κ2) is 7.90. The molecule has 3 N–H and O–H groups in total. The number of piperidine rings is 1. The molecule has 1 aliphatic heterocycles. The molecule has 0 bridgehead atoms. The predicted molar refractivity (Wildman–Crippen MR) is 94.2 cm³/mol. The normalized spacial score (nSPS) is 16.9. The summed E-state index contributed by atoms with van der Waals surface area (Å²) in [6.45, 7) is 1.75. The van der Waals surface area contributed by atoms with Gasteiger partial charge >= 0.3 is 0 Å². The molecule has 5 nitrogen and oxygen atoms in total. The molecule has 0 aromatic heterocycles. The van der Waals surface area contributed by atoms with E-state index in [1.807, 2.05) is 0 Å². The van der Waals surface area contributed by atoms with Crippen LogP contribution in [0.3, 0.4) is 0 Å². The van der Waals surface area contributed by atoms with Crippen LogP contribution in [-0.4, -0.2) is 30.9 Å². The lowest BCUT2D eigenvalue weighted by molar-refractivity contribution is 0.0929. The van der Waals surface area contributed by atoms with Crippen LogP contribution < -0.4 is 16.0 Å². The maximum absolute atomic E-state index is 12.9. The van der Waals surface area contributed by atoms with Crippen LogP contribution in [0.25, 0.3) is 0 Å². The van der Waals surface area contributed by atoms with E-state index >= 15 is 0 Å². The highest BCUT2D eigenvalue weighted by Crippen LogP contribution is 2.13. The first-order valence-corrected chi connectivity index (χ1v) is 8.30. The fourth-order valence-corrected chi connectivity index (χ4v) is 2.79. The topological polar surface area (TPSA) is 70.2 Å². The molecule has 6 heteroatoms. The number of anilines is 1. The number of benzene rings is 2. The van der Waals surface area contributed by atoms with Gasteiger partial charge in [-0.3, -0.25) is 9.59 Å². The van der Waals surface area contributed by atoms with Crippen LogP contribution in [0.4, 0.5) is 10.1 Å². The van der Waals surface area contributed by atoms with Crippen molar-refractivity contribution in [2.24, 2.45) is 0 Å². The van der Waals surface area contributed by atoms with Crippen molar-refractivity contribution < 1.29 is 14.0 Å². The molecule has 1 fully saturated rings. The number of nitrogens with one attached hydrogen (secondary N) is 3. The second-order valence-corrected chi connectivity index (χ2v) is 6.06. The summed E-state index contributed by atoms with van der Waals surface area (Å²) in [5.41, 5.74) is 1.36. The Morgan fingerprint density at radius 2 is 1.84 bits per heavy atom. The van der Waals surface area contributed by atoms with Crippen molar-refractivity contribution in [1.29, 1.82) is 0 Å². The zero-order valence-corrected chi connectivity index (χ0v) is 13.7. The van der Waals surface area contributed by atoms with Gasteiger partial charge in [0.05, 0.1) is 0 Å². The molecule has 0 spiro atoms. The number of carbonyl (C=O) groups is 2. The summed E-state index contributed by atoms with van der Waals surface area (Å²) in [5, 5.41) is 8.97. The van der Waals surface area contributed by atoms with E-state index < -0.39 is 5.82 Å². The predicted octanol–water partition coefficient (Wildman–Crippen LogP) is 2.56. The van der Waals surface area contributed by atoms with E-state index in [0.717, 1.165) is 25.9 Å². The van der Waals surface area contributed by atoms with Gasteiger partial charge in [0, 0.05) is 29.4 Å². The third kappa shape index (κ3) is 4.64. The first-order valence-electron chi connectivity index (χ1n) is 8.30. The third-order valence-electron chi connectivity index (χ3n) is 4.12. The number of halogens is 1. The molecule has 130 valence electrons. The molecule has 2 amide bonds. The average molecular weight is 341 g/mol. The molecule has 2 aromatic rings. The van der Waals surface area contributed by atoms with Crippen LogP contribution >= 0.6 is 0 Å². The van der Waals surface area contributed by atoms with Gasteiger partial charge in [0.1, 0.15) is 5.82 Å². The monoisotopic (exact) mass is 341 g/mol. The van der Waals surface area contributed by atoms with Crippen LogP contribution in [0.2, 0.25) is 0 Å². The van der Waals surface area contributed by atoms with Crippen LogP contribution in [0.1, 0.15) is 33.6 Å². The molecule has 25 heavy (non-hydrogen) atoms. The number of carbonyl (C=O) groups excluding carboxylic acids is 2. The van der Waals surface area contributed by atoms with Gasteiger partial charge in [-0.2, -0.15) is 0 Å². The van der Waals surface area contributed by atoms with Gasteiger partial charge in [0.25, 0.3) is 11.8 Å². The zero-order valence-electron chi connectivity index (χ0n) is 13.7. The second-order valence-electron chi connectivity index (χ2n) is 6.06. The Balaban J connectivity index is 1.65. The Bertz CT molecular complexity index is 756. The fourth-order valence-electron chi connectivity index (χ4n) is 2.79. The number of hydrogen-bond donors (Lipinski definition) is 3. The summed E-state index contributed by atoms with van der Waals surface area (Å²) in [4.78, 5) is 24.5. The van der Waals surface area contributed by atoms with Gasteiger partial charge in [0.2, 0.25) is 0 Å². The quantitative estimate of drug-likeness (QED) is 0.800. The highest BCUT2D eigenvalue weighted by Gasteiger charge is 2.16. The van der Waals surface area contributed by atoms with E-state index in [1.165, 1.54) is 24.3 Å². The molecule has 0 unspecified atom stereocenters. The number of rotatable bonds is 4. The minimum absolute atomic E-state index is 0.124. The summed E-state index contributed by atoms with van der Waals surface area (Å²) in [6, 6.07) is 12.2. The van der Waals surface area contributed by atoms with E-state index in [9.17, 15) is 14.0 Å². The SMILES string of the molecule is O=C(Nc1cccc(C(=O)N[C@H]2CCCNC2)c1)c1ccc(F)cc1. The smallest absolute Gasteiger partial charge is 0.255 e. The van der Waals surface area contributed by atoms with Crippen LogP contribution in [0.5, 0.6) is 0 Å². The first kappa shape index (κ1) is 17.1. The maximum Gasteiger partial charge on any atom is 0.255 e. The summed E-state index contributed by atoms with van der Waals surface area (Å²) in [5.74, 6) is -0.909. The van der Waals surface area contributed by atoms with Crippen LogP contribution in [0.15, 0.2) is 48.5 Å². The molecule has 0 aliphatic carbocycles. The minimum Gasteiger partial charge on any atom is -0.348 e. The Labute approximate surface area is 145 Å². The van der Waals surface area contributed by atoms with E-state index in [2.05, 4.69) is 16.0 Å². The van der Waals surface area contributed by atoms with E-state index in [-0.39, 0.29) is 17.9 Å². The van der Waals surface area contributed by atoms with Crippen molar-refractivity contribution >= 4 is 17.5 Å². The average Bonchev–Trinajstić information content (AvgIpc) is 2.63. The molecule has 3 rings (SSSR count). The van der Waals surface area contributed by atoms with Crippen molar-refractivity contribution in [2.75, 3.05) is 18.4 Å². The Kier molecular flexibility index (Phi) is 5.40. The Morgan fingerprint density at radius 1 is 1.04 bits per heavy atom. The number of amides is 2. The highest BCUT2D eigenvalue weighted by atomic mass is 19.1. The molecule has 0 saturated carbocycles. The van der Waals surface area contributed by atoms with Gasteiger partial charge in [-0.25, -0.2) is 4.39 Å². The number of hydrogen-bond acceptors (Lipinski definition) is 3. The maximum atomic E-state index is 12.9. The van der Waals surface area contributed by atoms with Crippen molar-refractivity contribution in [1.82, 2.24) is 10.6 Å². The summed E-state index contributed by atoms with van der Waals surface area (Å²) < 4.78 is 12.9. The van der Waals surface area contributed by atoms with E-state index in [1.54, 1.807) is 24.3 Å². The third-order valence-corrected chi connectivity index (χ3v) is 4.12. The Morgan fingerprint density at radius 3 is 2.56 bits per heavy atom. The van der Waals surface area contributed by atoms with Crippen molar-refractivity contribution in [3.63, 3.8) is 0 Å². The molecule has 0 radical (unpaired) electrons. The molecule has 1 aliphatic rings. The van der Waals surface area contributed by atoms with E-state index in [0.29, 0.717) is 16.8 Å². The van der Waals surface area contributed by atoms with Gasteiger partial charge in [-0.05, 0) is 61.9 Å². The van der Waals surface area contributed by atoms with Gasteiger partial charge in [0.15, 0.2) is 0 Å². The molecule has 2 aromatic carbocycles. The lowest BCUT2D eigenvalue weighted by Gasteiger charge is -2.23. The lowest BCUT2D eigenvalue weighted by atomic mass is 10.1. The largest absolute Gasteiger partial charge is 0.348 e. The molecule has 1 saturated heterocycles. The first-order chi connectivity index (χ1) is 12.1. The summed E-state index contributed by atoms with van der Waals surface area (Å²) in [6.07, 6.45) is 2.00. The van der Waals surface area contributed by atoms with Crippen molar-refractivity contribution in [3.8, 4) is 0 Å². The fraction of sp³-hybridized carbons (Fsp3) is 0.263. The molecule has 1 atom stereocenters. The van der Waals surface area contributed by atoms with Gasteiger partial charge in [-0.1, -0.05) is 6.07 Å². The summed E-state index contributed by atoms with van der Waals surface area (Å²) in [7, 11) is 0. The highest BCUT2D eigenvalue weighted by molar-refractivity contribution is 6.05. The van der Waals surface area contributed by atoms with Crippen LogP contribution in [0, 0.1) is 5.82 Å². The molecular weight excluding hydrogens is 321 g/mol. The van der Waals surface area contributed by atoms with Crippen LogP contribution in [-0.2, 0) is 0 Å². The lowest BCUT2D eigenvalue weighted by Crippen LogP contribution is -2.45. The van der Waals surface area contributed by atoms with E-state index in [4.69, 9.17) is 0 Å². The van der Waals surface area contributed by atoms with Gasteiger partial charge < -0.3 is 16.0 Å². The Hall–Kier alpha value is -2.73. The molecule has 1 heterocycles. The van der Waals surface area contributed by atoms with Crippen molar-refractivity contribution in [3.05, 3.63) is 65.5 Å². The standard InChI is InChI=1S/C19H20FN3O2/c20-15-8-6-13(7-9-15)18(24)22-16-4-1-3-14(11-16)19(25)23-17-5-2-10-21-12-17/h1,3-4,6-9,11,17,21H,2,5,10,12H2,(H,22,24)(H,23,25)/t17-/m0/s1. The molecular formula is C19H20FN3O2. The zero-order chi connectivity index (χ0) is 17.6. The van der Waals surface area contributed by atoms with Crippen molar-refractivity contribution in [2.45, 2.75) is 18.9 Å². The minimum atomic E-state index is -0.396. The van der Waals surface area contributed by atoms with Gasteiger partial charge in [-0.15, -0.1) is 0 Å².